The predicted octanol–water partition coefficient (Wildman–Crippen LogP) is 1.69. The van der Waals surface area contributed by atoms with Crippen molar-refractivity contribution >= 4 is 15.9 Å². The topological polar surface area (TPSA) is 25.8 Å². The molecule has 1 aromatic carbocycles. The summed E-state index contributed by atoms with van der Waals surface area (Å²) in [5.74, 6) is 0. The minimum Gasteiger partial charge on any atom is -0.372 e. The standard InChI is InChI=1S/C12H16BrNO/c13-11-5-3-10(4-6-11)8-14-9-12-2-1-7-15-12/h3-6,12,14H,1-2,7-9H2/p+1/t12-/m1/s1. The Morgan fingerprint density at radius 2 is 2.13 bits per heavy atom. The van der Waals surface area contributed by atoms with Gasteiger partial charge in [0.2, 0.25) is 0 Å². The Labute approximate surface area is 99.1 Å². The van der Waals surface area contributed by atoms with Crippen molar-refractivity contribution in [2.75, 3.05) is 13.2 Å². The van der Waals surface area contributed by atoms with E-state index < -0.39 is 0 Å². The molecule has 1 fully saturated rings. The van der Waals surface area contributed by atoms with Crippen molar-refractivity contribution in [1.29, 1.82) is 0 Å². The first-order valence-corrected chi connectivity index (χ1v) is 6.31. The third-order valence-corrected chi connectivity index (χ3v) is 3.28. The van der Waals surface area contributed by atoms with Gasteiger partial charge in [-0.1, -0.05) is 28.1 Å². The fourth-order valence-corrected chi connectivity index (χ4v) is 2.15. The van der Waals surface area contributed by atoms with Crippen LogP contribution in [-0.2, 0) is 11.3 Å². The van der Waals surface area contributed by atoms with Crippen molar-refractivity contribution < 1.29 is 10.1 Å². The maximum atomic E-state index is 5.57. The van der Waals surface area contributed by atoms with Gasteiger partial charge >= 0.3 is 0 Å². The molecular weight excluding hydrogens is 254 g/mol. The van der Waals surface area contributed by atoms with Crippen molar-refractivity contribution in [3.8, 4) is 0 Å². The largest absolute Gasteiger partial charge is 0.372 e. The number of rotatable bonds is 4. The molecule has 0 bridgehead atoms. The Balaban J connectivity index is 1.71. The van der Waals surface area contributed by atoms with Crippen LogP contribution in [0.4, 0.5) is 0 Å². The molecule has 2 rings (SSSR count). The maximum absolute atomic E-state index is 5.57. The zero-order valence-corrected chi connectivity index (χ0v) is 10.4. The Kier molecular flexibility index (Phi) is 4.18. The second-order valence-corrected chi connectivity index (χ2v) is 4.91. The summed E-state index contributed by atoms with van der Waals surface area (Å²) in [5, 5.41) is 2.33. The van der Waals surface area contributed by atoms with E-state index in [2.05, 4.69) is 45.5 Å². The molecule has 0 radical (unpaired) electrons. The van der Waals surface area contributed by atoms with Gasteiger partial charge < -0.3 is 10.1 Å². The SMILES string of the molecule is Brc1ccc(C[NH2+]C[C@H]2CCCO2)cc1. The zero-order chi connectivity index (χ0) is 10.5. The first-order chi connectivity index (χ1) is 7.34. The highest BCUT2D eigenvalue weighted by atomic mass is 79.9. The maximum Gasteiger partial charge on any atom is 0.106 e. The Morgan fingerprint density at radius 1 is 1.33 bits per heavy atom. The molecular formula is C12H17BrNO+. The molecule has 15 heavy (non-hydrogen) atoms. The summed E-state index contributed by atoms with van der Waals surface area (Å²) in [6.45, 7) is 3.10. The zero-order valence-electron chi connectivity index (χ0n) is 8.79. The number of hydrogen-bond acceptors (Lipinski definition) is 1. The van der Waals surface area contributed by atoms with Gasteiger partial charge in [0, 0.05) is 16.6 Å². The van der Waals surface area contributed by atoms with Gasteiger partial charge in [-0.05, 0) is 25.0 Å². The summed E-state index contributed by atoms with van der Waals surface area (Å²) in [6, 6.07) is 8.51. The average molecular weight is 271 g/mol. The minimum absolute atomic E-state index is 0.487. The molecule has 82 valence electrons. The molecule has 2 N–H and O–H groups in total. The van der Waals surface area contributed by atoms with Crippen molar-refractivity contribution in [1.82, 2.24) is 0 Å². The fraction of sp³-hybridized carbons (Fsp3) is 0.500. The normalized spacial score (nSPS) is 20.7. The van der Waals surface area contributed by atoms with E-state index in [1.54, 1.807) is 0 Å². The molecule has 0 unspecified atom stereocenters. The van der Waals surface area contributed by atoms with Gasteiger partial charge in [-0.15, -0.1) is 0 Å². The van der Waals surface area contributed by atoms with E-state index in [0.717, 1.165) is 24.2 Å². The van der Waals surface area contributed by atoms with Crippen molar-refractivity contribution in [2.45, 2.75) is 25.5 Å². The van der Waals surface area contributed by atoms with Crippen LogP contribution in [0, 0.1) is 0 Å². The van der Waals surface area contributed by atoms with Gasteiger partial charge in [-0.3, -0.25) is 0 Å². The molecule has 0 aromatic heterocycles. The van der Waals surface area contributed by atoms with E-state index in [0.29, 0.717) is 6.10 Å². The molecule has 0 amide bonds. The summed E-state index contributed by atoms with van der Waals surface area (Å²) < 4.78 is 6.72. The van der Waals surface area contributed by atoms with Crippen molar-refractivity contribution in [3.05, 3.63) is 34.3 Å². The van der Waals surface area contributed by atoms with Crippen LogP contribution in [0.15, 0.2) is 28.7 Å². The molecule has 1 aliphatic heterocycles. The van der Waals surface area contributed by atoms with Crippen molar-refractivity contribution in [2.24, 2.45) is 0 Å². The molecule has 0 saturated carbocycles. The van der Waals surface area contributed by atoms with Gasteiger partial charge in [-0.2, -0.15) is 0 Å². The number of quaternary nitrogens is 1. The van der Waals surface area contributed by atoms with Gasteiger partial charge in [-0.25, -0.2) is 0 Å². The molecule has 2 nitrogen and oxygen atoms in total. The van der Waals surface area contributed by atoms with Crippen LogP contribution in [0.3, 0.4) is 0 Å². The van der Waals surface area contributed by atoms with E-state index in [1.807, 2.05) is 0 Å². The summed E-state index contributed by atoms with van der Waals surface area (Å²) in [6.07, 6.45) is 2.95. The number of halogens is 1. The smallest absolute Gasteiger partial charge is 0.106 e. The monoisotopic (exact) mass is 270 g/mol. The lowest BCUT2D eigenvalue weighted by Gasteiger charge is -2.07. The number of ether oxygens (including phenoxy) is 1. The number of hydrogen-bond donors (Lipinski definition) is 1. The summed E-state index contributed by atoms with van der Waals surface area (Å²) >= 11 is 3.44. The van der Waals surface area contributed by atoms with Crippen LogP contribution in [-0.4, -0.2) is 19.3 Å². The first-order valence-electron chi connectivity index (χ1n) is 5.52. The lowest BCUT2D eigenvalue weighted by Crippen LogP contribution is -2.84. The number of nitrogens with two attached hydrogens (primary N) is 1. The van der Waals surface area contributed by atoms with E-state index in [9.17, 15) is 0 Å². The van der Waals surface area contributed by atoms with E-state index in [-0.39, 0.29) is 0 Å². The second kappa shape index (κ2) is 5.64. The van der Waals surface area contributed by atoms with Gasteiger partial charge in [0.15, 0.2) is 0 Å². The molecule has 1 aromatic rings. The predicted molar refractivity (Wildman–Crippen MR) is 63.6 cm³/mol. The lowest BCUT2D eigenvalue weighted by atomic mass is 10.2. The van der Waals surface area contributed by atoms with Gasteiger partial charge in [0.05, 0.1) is 0 Å². The third kappa shape index (κ3) is 3.59. The van der Waals surface area contributed by atoms with E-state index in [4.69, 9.17) is 4.74 Å². The number of benzene rings is 1. The summed E-state index contributed by atoms with van der Waals surface area (Å²) in [4.78, 5) is 0. The summed E-state index contributed by atoms with van der Waals surface area (Å²) in [5.41, 5.74) is 1.37. The minimum atomic E-state index is 0.487. The van der Waals surface area contributed by atoms with Gasteiger partial charge in [0.1, 0.15) is 19.2 Å². The Morgan fingerprint density at radius 3 is 2.80 bits per heavy atom. The van der Waals surface area contributed by atoms with Crippen LogP contribution >= 0.6 is 15.9 Å². The van der Waals surface area contributed by atoms with Crippen LogP contribution in [0.1, 0.15) is 18.4 Å². The fourth-order valence-electron chi connectivity index (χ4n) is 1.89. The van der Waals surface area contributed by atoms with Crippen LogP contribution in [0.25, 0.3) is 0 Å². The molecule has 1 saturated heterocycles. The molecule has 0 aliphatic carbocycles. The Bertz CT molecular complexity index is 293. The summed E-state index contributed by atoms with van der Waals surface area (Å²) in [7, 11) is 0. The van der Waals surface area contributed by atoms with E-state index in [1.165, 1.54) is 18.4 Å². The first kappa shape index (κ1) is 11.1. The lowest BCUT2D eigenvalue weighted by molar-refractivity contribution is -0.676. The highest BCUT2D eigenvalue weighted by Crippen LogP contribution is 2.10. The highest BCUT2D eigenvalue weighted by molar-refractivity contribution is 9.10. The quantitative estimate of drug-likeness (QED) is 0.886. The van der Waals surface area contributed by atoms with Crippen LogP contribution in [0.5, 0.6) is 0 Å². The Hall–Kier alpha value is -0.380. The second-order valence-electron chi connectivity index (χ2n) is 3.99. The van der Waals surface area contributed by atoms with Crippen LogP contribution < -0.4 is 5.32 Å². The molecule has 1 aliphatic rings. The highest BCUT2D eigenvalue weighted by Gasteiger charge is 2.16. The average Bonchev–Trinajstić information content (AvgIpc) is 2.74. The van der Waals surface area contributed by atoms with Crippen LogP contribution in [0.2, 0.25) is 0 Å². The van der Waals surface area contributed by atoms with Gasteiger partial charge in [0.25, 0.3) is 0 Å². The molecule has 1 heterocycles. The van der Waals surface area contributed by atoms with E-state index >= 15 is 0 Å². The third-order valence-electron chi connectivity index (χ3n) is 2.75. The molecule has 1 atom stereocenters. The molecule has 3 heteroatoms. The van der Waals surface area contributed by atoms with Crippen molar-refractivity contribution in [3.63, 3.8) is 0 Å². The molecule has 0 spiro atoms.